The molecule has 4 heteroatoms. The van der Waals surface area contributed by atoms with E-state index < -0.39 is 0 Å². The molecule has 2 aromatic rings. The Morgan fingerprint density at radius 2 is 2.19 bits per heavy atom. The van der Waals surface area contributed by atoms with Crippen LogP contribution in [0.3, 0.4) is 0 Å². The molecule has 3 rings (SSSR count). The van der Waals surface area contributed by atoms with Crippen molar-refractivity contribution in [2.24, 2.45) is 0 Å². The van der Waals surface area contributed by atoms with E-state index in [1.165, 1.54) is 5.56 Å². The third kappa shape index (κ3) is 3.32. The van der Waals surface area contributed by atoms with Crippen LogP contribution in [-0.4, -0.2) is 29.1 Å². The molecule has 1 aromatic heterocycles. The minimum Gasteiger partial charge on any atom is -0.361 e. The summed E-state index contributed by atoms with van der Waals surface area (Å²) in [5.41, 5.74) is 2.14. The van der Waals surface area contributed by atoms with Crippen molar-refractivity contribution in [1.29, 1.82) is 0 Å². The Kier molecular flexibility index (Phi) is 4.04. The maximum atomic E-state index is 12.4. The molecular weight excluding hydrogens is 264 g/mol. The molecule has 1 aliphatic heterocycles. The number of amides is 1. The molecule has 2 heterocycles. The number of hydrogen-bond donors (Lipinski definition) is 0. The summed E-state index contributed by atoms with van der Waals surface area (Å²) in [6.45, 7) is 3.51. The van der Waals surface area contributed by atoms with E-state index in [0.29, 0.717) is 18.1 Å². The molecule has 0 spiro atoms. The third-order valence-corrected chi connectivity index (χ3v) is 4.05. The highest BCUT2D eigenvalue weighted by molar-refractivity contribution is 5.78. The van der Waals surface area contributed by atoms with Crippen molar-refractivity contribution in [1.82, 2.24) is 10.1 Å². The first-order valence-corrected chi connectivity index (χ1v) is 7.47. The van der Waals surface area contributed by atoms with Crippen LogP contribution < -0.4 is 0 Å². The van der Waals surface area contributed by atoms with Crippen molar-refractivity contribution in [3.63, 3.8) is 0 Å². The van der Waals surface area contributed by atoms with Gasteiger partial charge in [0, 0.05) is 25.1 Å². The Labute approximate surface area is 124 Å². The highest BCUT2D eigenvalue weighted by Crippen LogP contribution is 2.27. The summed E-state index contributed by atoms with van der Waals surface area (Å²) in [5.74, 6) is 1.23. The lowest BCUT2D eigenvalue weighted by molar-refractivity contribution is -0.132. The van der Waals surface area contributed by atoms with E-state index in [-0.39, 0.29) is 5.91 Å². The van der Waals surface area contributed by atoms with Gasteiger partial charge >= 0.3 is 0 Å². The van der Waals surface area contributed by atoms with Gasteiger partial charge in [0.2, 0.25) is 5.91 Å². The van der Waals surface area contributed by atoms with Crippen LogP contribution in [0.25, 0.3) is 0 Å². The number of piperidine rings is 1. The zero-order chi connectivity index (χ0) is 14.7. The standard InChI is InChI=1S/C17H20N2O2/c1-13-10-16(21-18-13)11-17(20)19-9-5-8-15(12-19)14-6-3-2-4-7-14/h2-4,6-7,10,15H,5,8-9,11-12H2,1H3/t15-/m0/s1. The molecule has 21 heavy (non-hydrogen) atoms. The smallest absolute Gasteiger partial charge is 0.230 e. The second-order valence-corrected chi connectivity index (χ2v) is 5.70. The molecule has 1 fully saturated rings. The van der Waals surface area contributed by atoms with Crippen molar-refractivity contribution in [3.8, 4) is 0 Å². The van der Waals surface area contributed by atoms with Gasteiger partial charge in [-0.3, -0.25) is 4.79 Å². The van der Waals surface area contributed by atoms with Gasteiger partial charge in [-0.1, -0.05) is 35.5 Å². The first-order valence-electron chi connectivity index (χ1n) is 7.47. The van der Waals surface area contributed by atoms with Gasteiger partial charge in [0.05, 0.1) is 12.1 Å². The Morgan fingerprint density at radius 1 is 1.38 bits per heavy atom. The van der Waals surface area contributed by atoms with Crippen LogP contribution >= 0.6 is 0 Å². The Balaban J connectivity index is 1.64. The number of aromatic nitrogens is 1. The maximum Gasteiger partial charge on any atom is 0.230 e. The van der Waals surface area contributed by atoms with Crippen LogP contribution in [0.5, 0.6) is 0 Å². The largest absolute Gasteiger partial charge is 0.361 e. The molecule has 1 saturated heterocycles. The van der Waals surface area contributed by atoms with Crippen LogP contribution in [0.2, 0.25) is 0 Å². The summed E-state index contributed by atoms with van der Waals surface area (Å²) >= 11 is 0. The quantitative estimate of drug-likeness (QED) is 0.870. The van der Waals surface area contributed by atoms with Gasteiger partial charge in [-0.25, -0.2) is 0 Å². The fourth-order valence-corrected chi connectivity index (χ4v) is 2.96. The van der Waals surface area contributed by atoms with Gasteiger partial charge in [-0.15, -0.1) is 0 Å². The zero-order valence-corrected chi connectivity index (χ0v) is 12.3. The van der Waals surface area contributed by atoms with Crippen LogP contribution in [-0.2, 0) is 11.2 Å². The molecule has 0 aliphatic carbocycles. The first kappa shape index (κ1) is 13.9. The summed E-state index contributed by atoms with van der Waals surface area (Å²) in [6.07, 6.45) is 2.51. The summed E-state index contributed by atoms with van der Waals surface area (Å²) in [6, 6.07) is 12.3. The lowest BCUT2D eigenvalue weighted by Gasteiger charge is -2.33. The number of rotatable bonds is 3. The minimum atomic E-state index is 0.131. The SMILES string of the molecule is Cc1cc(CC(=O)N2CCC[C@H](c3ccccc3)C2)on1. The number of nitrogens with zero attached hydrogens (tertiary/aromatic N) is 2. The monoisotopic (exact) mass is 284 g/mol. The number of carbonyl (C=O) groups excluding carboxylic acids is 1. The molecule has 0 saturated carbocycles. The molecule has 0 radical (unpaired) electrons. The van der Waals surface area contributed by atoms with Crippen LogP contribution in [0.1, 0.15) is 35.8 Å². The Morgan fingerprint density at radius 3 is 2.90 bits per heavy atom. The molecule has 0 bridgehead atoms. The first-order chi connectivity index (χ1) is 10.2. The Bertz CT molecular complexity index is 606. The number of aryl methyl sites for hydroxylation is 1. The topological polar surface area (TPSA) is 46.3 Å². The predicted octanol–water partition coefficient (Wildman–Crippen LogP) is 2.93. The zero-order valence-electron chi connectivity index (χ0n) is 12.3. The van der Waals surface area contributed by atoms with Crippen LogP contribution in [0.4, 0.5) is 0 Å². The number of carbonyl (C=O) groups is 1. The van der Waals surface area contributed by atoms with E-state index in [1.54, 1.807) is 0 Å². The molecule has 1 aliphatic rings. The van der Waals surface area contributed by atoms with E-state index in [1.807, 2.05) is 24.0 Å². The molecule has 0 N–H and O–H groups in total. The molecule has 110 valence electrons. The number of benzene rings is 1. The van der Waals surface area contributed by atoms with Crippen molar-refractivity contribution in [3.05, 3.63) is 53.4 Å². The molecule has 1 amide bonds. The molecule has 4 nitrogen and oxygen atoms in total. The van der Waals surface area contributed by atoms with E-state index in [2.05, 4.69) is 29.4 Å². The normalized spacial score (nSPS) is 18.7. The van der Waals surface area contributed by atoms with E-state index >= 15 is 0 Å². The fourth-order valence-electron chi connectivity index (χ4n) is 2.96. The van der Waals surface area contributed by atoms with E-state index in [9.17, 15) is 4.79 Å². The highest BCUT2D eigenvalue weighted by atomic mass is 16.5. The van der Waals surface area contributed by atoms with E-state index in [4.69, 9.17) is 4.52 Å². The highest BCUT2D eigenvalue weighted by Gasteiger charge is 2.25. The fraction of sp³-hybridized carbons (Fsp3) is 0.412. The molecule has 1 aromatic carbocycles. The average molecular weight is 284 g/mol. The van der Waals surface area contributed by atoms with Gasteiger partial charge in [0.1, 0.15) is 5.76 Å². The number of likely N-dealkylation sites (tertiary alicyclic amines) is 1. The van der Waals surface area contributed by atoms with Gasteiger partial charge in [-0.2, -0.15) is 0 Å². The maximum absolute atomic E-state index is 12.4. The summed E-state index contributed by atoms with van der Waals surface area (Å²) in [4.78, 5) is 14.3. The second kappa shape index (κ2) is 6.12. The van der Waals surface area contributed by atoms with Crippen LogP contribution in [0.15, 0.2) is 40.9 Å². The number of hydrogen-bond acceptors (Lipinski definition) is 3. The van der Waals surface area contributed by atoms with Crippen molar-refractivity contribution >= 4 is 5.91 Å². The minimum absolute atomic E-state index is 0.131. The van der Waals surface area contributed by atoms with E-state index in [0.717, 1.165) is 31.6 Å². The van der Waals surface area contributed by atoms with Crippen molar-refractivity contribution < 1.29 is 9.32 Å². The van der Waals surface area contributed by atoms with Gasteiger partial charge in [0.15, 0.2) is 0 Å². The summed E-state index contributed by atoms with van der Waals surface area (Å²) in [7, 11) is 0. The summed E-state index contributed by atoms with van der Waals surface area (Å²) < 4.78 is 5.14. The molecule has 1 atom stereocenters. The van der Waals surface area contributed by atoms with Gasteiger partial charge in [0.25, 0.3) is 0 Å². The summed E-state index contributed by atoms with van der Waals surface area (Å²) in [5, 5.41) is 3.83. The lowest BCUT2D eigenvalue weighted by atomic mass is 9.90. The van der Waals surface area contributed by atoms with Crippen molar-refractivity contribution in [2.75, 3.05) is 13.1 Å². The second-order valence-electron chi connectivity index (χ2n) is 5.70. The third-order valence-electron chi connectivity index (χ3n) is 4.05. The average Bonchev–Trinajstić information content (AvgIpc) is 2.93. The predicted molar refractivity (Wildman–Crippen MR) is 79.9 cm³/mol. The van der Waals surface area contributed by atoms with Crippen LogP contribution in [0, 0.1) is 6.92 Å². The van der Waals surface area contributed by atoms with Gasteiger partial charge < -0.3 is 9.42 Å². The molecular formula is C17H20N2O2. The van der Waals surface area contributed by atoms with Gasteiger partial charge in [-0.05, 0) is 25.3 Å². The Hall–Kier alpha value is -2.10. The molecule has 0 unspecified atom stereocenters. The lowest BCUT2D eigenvalue weighted by Crippen LogP contribution is -2.39. The van der Waals surface area contributed by atoms with Crippen molar-refractivity contribution in [2.45, 2.75) is 32.1 Å².